The van der Waals surface area contributed by atoms with Crippen molar-refractivity contribution in [2.75, 3.05) is 49.3 Å². The van der Waals surface area contributed by atoms with Crippen molar-refractivity contribution in [1.29, 1.82) is 0 Å². The maximum atomic E-state index is 12.3. The molecule has 1 fully saturated rings. The number of nitrogens with two attached hydrogens (primary N) is 1. The third-order valence-electron chi connectivity index (χ3n) is 8.06. The predicted octanol–water partition coefficient (Wildman–Crippen LogP) is 2.22. The molecular formula is C36H45KN9O-. The summed E-state index contributed by atoms with van der Waals surface area (Å²) in [6, 6.07) is 15.5. The molecule has 1 aliphatic heterocycles. The number of carbonyl (C=O) groups excluding carboxylic acids is 1. The number of anilines is 3. The number of piperidine rings is 1. The number of aromatic nitrogens is 4. The average Bonchev–Trinajstić information content (AvgIpc) is 3.46. The van der Waals surface area contributed by atoms with Crippen LogP contribution in [0.2, 0.25) is 0 Å². The van der Waals surface area contributed by atoms with Crippen LogP contribution in [0.5, 0.6) is 0 Å². The van der Waals surface area contributed by atoms with Crippen LogP contribution in [0.1, 0.15) is 60.4 Å². The third-order valence-corrected chi connectivity index (χ3v) is 8.06. The fraction of sp³-hybridized carbons (Fsp3) is 0.361. The molecule has 5 rings (SSSR count). The van der Waals surface area contributed by atoms with E-state index in [0.29, 0.717) is 30.7 Å². The molecule has 0 radical (unpaired) electrons. The van der Waals surface area contributed by atoms with E-state index in [1.807, 2.05) is 66.1 Å². The minimum Gasteiger partial charge on any atom is -0.358 e. The molecular weight excluding hydrogens is 614 g/mol. The number of likely N-dealkylation sites (N-methyl/N-ethyl adjacent to an activating group) is 1. The van der Waals surface area contributed by atoms with Gasteiger partial charge in [-0.1, -0.05) is 37.1 Å². The van der Waals surface area contributed by atoms with Crippen LogP contribution in [0.25, 0.3) is 11.7 Å². The quantitative estimate of drug-likeness (QED) is 0.121. The molecule has 0 unspecified atom stereocenters. The Morgan fingerprint density at radius 1 is 1.17 bits per heavy atom. The normalized spacial score (nSPS) is 14.0. The first-order valence-corrected chi connectivity index (χ1v) is 15.9. The van der Waals surface area contributed by atoms with E-state index in [1.165, 1.54) is 5.56 Å². The second-order valence-corrected chi connectivity index (χ2v) is 12.4. The van der Waals surface area contributed by atoms with Crippen molar-refractivity contribution in [3.63, 3.8) is 0 Å². The molecule has 1 amide bonds. The Hall–Kier alpha value is -3.03. The summed E-state index contributed by atoms with van der Waals surface area (Å²) in [7, 11) is 3.92. The van der Waals surface area contributed by atoms with Crippen molar-refractivity contribution in [3.05, 3.63) is 101 Å². The predicted molar refractivity (Wildman–Crippen MR) is 187 cm³/mol. The molecule has 0 bridgehead atoms. The average molecular weight is 659 g/mol. The molecule has 0 atom stereocenters. The molecule has 2 aromatic heterocycles. The smallest absolute Gasteiger partial charge is 0.358 e. The number of hydrogen-bond donors (Lipinski definition) is 3. The van der Waals surface area contributed by atoms with Crippen molar-refractivity contribution in [2.24, 2.45) is 5.73 Å². The zero-order chi connectivity index (χ0) is 32.6. The topological polar surface area (TPSA) is 117 Å². The monoisotopic (exact) mass is 658 g/mol. The Balaban J connectivity index is 0.00000500. The fourth-order valence-corrected chi connectivity index (χ4v) is 5.39. The molecule has 47 heavy (non-hydrogen) atoms. The SMILES string of the molecule is Cc1cccc([CH-]/C=C\c2[c-]c(NC(=O)/C=C/CN(C)C)ccc2)c1CNc1nc(N2CCC(N)CC2)nc2c(C(C)C)cnn12.[K+]. The van der Waals surface area contributed by atoms with Gasteiger partial charge >= 0.3 is 51.4 Å². The van der Waals surface area contributed by atoms with Crippen molar-refractivity contribution < 1.29 is 56.2 Å². The minimum absolute atomic E-state index is 0. The maximum Gasteiger partial charge on any atom is 1.00 e. The van der Waals surface area contributed by atoms with Crippen LogP contribution in [0.4, 0.5) is 17.6 Å². The summed E-state index contributed by atoms with van der Waals surface area (Å²) in [5, 5.41) is 11.1. The van der Waals surface area contributed by atoms with E-state index in [0.717, 1.165) is 53.8 Å². The van der Waals surface area contributed by atoms with Gasteiger partial charge in [-0.15, -0.1) is 66.1 Å². The van der Waals surface area contributed by atoms with E-state index in [1.54, 1.807) is 6.08 Å². The van der Waals surface area contributed by atoms with Crippen LogP contribution < -0.4 is 72.7 Å². The van der Waals surface area contributed by atoms with Gasteiger partial charge in [0.1, 0.15) is 0 Å². The van der Waals surface area contributed by atoms with Gasteiger partial charge in [0, 0.05) is 43.9 Å². The maximum absolute atomic E-state index is 12.3. The van der Waals surface area contributed by atoms with E-state index >= 15 is 0 Å². The summed E-state index contributed by atoms with van der Waals surface area (Å²) in [6.45, 7) is 9.38. The van der Waals surface area contributed by atoms with Gasteiger partial charge in [0.25, 0.3) is 0 Å². The van der Waals surface area contributed by atoms with E-state index in [4.69, 9.17) is 15.7 Å². The van der Waals surface area contributed by atoms with Crippen LogP contribution in [-0.4, -0.2) is 70.2 Å². The number of aryl methyl sites for hydroxylation is 1. The van der Waals surface area contributed by atoms with Gasteiger partial charge in [-0.05, 0) is 45.5 Å². The van der Waals surface area contributed by atoms with Crippen molar-refractivity contribution in [3.8, 4) is 0 Å². The Morgan fingerprint density at radius 2 is 1.94 bits per heavy atom. The number of rotatable bonds is 12. The molecule has 242 valence electrons. The number of hydrogen-bond acceptors (Lipinski definition) is 8. The van der Waals surface area contributed by atoms with Crippen LogP contribution >= 0.6 is 0 Å². The molecule has 10 nitrogen and oxygen atoms in total. The Labute approximate surface area is 321 Å². The van der Waals surface area contributed by atoms with Crippen molar-refractivity contribution >= 4 is 35.2 Å². The molecule has 0 saturated carbocycles. The third kappa shape index (κ3) is 9.99. The van der Waals surface area contributed by atoms with E-state index in [2.05, 4.69) is 72.1 Å². The number of carbonyl (C=O) groups is 1. The number of allylic oxidation sites excluding steroid dienone is 1. The molecule has 0 aliphatic carbocycles. The number of amides is 1. The summed E-state index contributed by atoms with van der Waals surface area (Å²) in [6.07, 6.45) is 13.2. The Morgan fingerprint density at radius 3 is 2.68 bits per heavy atom. The fourth-order valence-electron chi connectivity index (χ4n) is 5.39. The summed E-state index contributed by atoms with van der Waals surface area (Å²) in [4.78, 5) is 26.4. The summed E-state index contributed by atoms with van der Waals surface area (Å²) in [5.41, 5.74) is 13.0. The Bertz CT molecular complexity index is 1700. The second kappa shape index (κ2) is 17.4. The largest absolute Gasteiger partial charge is 1.00 e. The Kier molecular flexibility index (Phi) is 13.6. The first kappa shape index (κ1) is 36.8. The minimum atomic E-state index is -0.175. The number of nitrogens with zero attached hydrogens (tertiary/aromatic N) is 6. The first-order chi connectivity index (χ1) is 22.2. The zero-order valence-corrected chi connectivity index (χ0v) is 31.6. The molecule has 11 heteroatoms. The first-order valence-electron chi connectivity index (χ1n) is 15.9. The number of fused-ring (bicyclic) bond motifs is 1. The molecule has 4 aromatic rings. The molecule has 1 saturated heterocycles. The molecule has 1 aliphatic rings. The summed E-state index contributed by atoms with van der Waals surface area (Å²) < 4.78 is 1.82. The standard InChI is InChI=1S/C36H45N9O.K/c1-25(2)31-24-39-45-34(31)41-36(44-20-17-29(37)18-21-44)42-35(45)38-23-32-26(3)10-6-13-28(32)14-7-11-27-12-8-15-30(22-27)40-33(46)16-9-19-43(4)5;/h6-16,24-25,29H,17-21,23,37H2,1-5H3,(H,40,46)(H,38,41,42);/q-2;+1/b11-7-,16-9+;. The van der Waals surface area contributed by atoms with Gasteiger partial charge in [0.15, 0.2) is 5.65 Å². The molecule has 0 spiro atoms. The van der Waals surface area contributed by atoms with Crippen LogP contribution in [0, 0.1) is 19.4 Å². The number of nitrogens with one attached hydrogen (secondary N) is 2. The van der Waals surface area contributed by atoms with Gasteiger partial charge < -0.3 is 26.2 Å². The van der Waals surface area contributed by atoms with E-state index in [9.17, 15) is 4.79 Å². The van der Waals surface area contributed by atoms with Crippen molar-refractivity contribution in [2.45, 2.75) is 52.1 Å². The molecule has 2 aromatic carbocycles. The number of benzene rings is 2. The zero-order valence-electron chi connectivity index (χ0n) is 28.5. The van der Waals surface area contributed by atoms with Crippen LogP contribution in [0.15, 0.2) is 60.8 Å². The van der Waals surface area contributed by atoms with Gasteiger partial charge in [-0.25, -0.2) is 0 Å². The van der Waals surface area contributed by atoms with Crippen LogP contribution in [-0.2, 0) is 11.3 Å². The summed E-state index contributed by atoms with van der Waals surface area (Å²) >= 11 is 0. The summed E-state index contributed by atoms with van der Waals surface area (Å²) in [5.74, 6) is 1.48. The van der Waals surface area contributed by atoms with Crippen LogP contribution in [0.3, 0.4) is 0 Å². The van der Waals surface area contributed by atoms with Gasteiger partial charge in [0.05, 0.1) is 6.20 Å². The molecule has 3 heterocycles. The van der Waals surface area contributed by atoms with Gasteiger partial charge in [-0.2, -0.15) is 19.6 Å². The molecule has 4 N–H and O–H groups in total. The van der Waals surface area contributed by atoms with Crippen molar-refractivity contribution in [1.82, 2.24) is 24.5 Å². The van der Waals surface area contributed by atoms with Gasteiger partial charge in [-0.3, -0.25) is 4.79 Å². The van der Waals surface area contributed by atoms with E-state index < -0.39 is 0 Å². The van der Waals surface area contributed by atoms with Gasteiger partial charge in [0.2, 0.25) is 17.8 Å². The van der Waals surface area contributed by atoms with E-state index in [-0.39, 0.29) is 69.3 Å². The second-order valence-electron chi connectivity index (χ2n) is 12.4.